The number of aromatic nitrogens is 3. The fourth-order valence-electron chi connectivity index (χ4n) is 5.49. The van der Waals surface area contributed by atoms with Crippen molar-refractivity contribution in [3.8, 4) is 11.4 Å². The number of carbonyl (C=O) groups is 1. The summed E-state index contributed by atoms with van der Waals surface area (Å²) < 4.78 is 5.44. The number of nitrogens with zero attached hydrogens (tertiary/aromatic N) is 3. The number of allylic oxidation sites excluding steroid dienone is 1. The van der Waals surface area contributed by atoms with Crippen LogP contribution in [0.1, 0.15) is 6.42 Å². The highest BCUT2D eigenvalue weighted by atomic mass is 35.5. The van der Waals surface area contributed by atoms with Gasteiger partial charge in [-0.05, 0) is 36.5 Å². The Hall–Kier alpha value is -2.81. The van der Waals surface area contributed by atoms with Crippen LogP contribution in [0.15, 0.2) is 36.5 Å². The van der Waals surface area contributed by atoms with Gasteiger partial charge in [-0.15, -0.1) is 0 Å². The fraction of sp³-hybridized carbons (Fsp3) is 0.375. The van der Waals surface area contributed by atoms with Gasteiger partial charge in [0.2, 0.25) is 5.91 Å². The standard InChI is InChI=1S/C24H24Cl2N6O2/c25-16-10-14(32-5-7-34-8-6-32)3-4-15(16)23-30-21-20(17(26)11-28-24(21)31-23)29-19-13-2-1-12(9-13)18(19)22(27)33/h1-4,10-13,18-19H,5-9H2,(H2,27,33)(H2,28,29,30,31). The molecule has 2 bridgehead atoms. The summed E-state index contributed by atoms with van der Waals surface area (Å²) in [5.41, 5.74) is 9.43. The molecule has 2 aromatic heterocycles. The van der Waals surface area contributed by atoms with Gasteiger partial charge >= 0.3 is 0 Å². The van der Waals surface area contributed by atoms with Crippen LogP contribution in [0.2, 0.25) is 10.0 Å². The summed E-state index contributed by atoms with van der Waals surface area (Å²) >= 11 is 13.2. The number of nitrogens with two attached hydrogens (primary N) is 1. The predicted molar refractivity (Wildman–Crippen MR) is 133 cm³/mol. The van der Waals surface area contributed by atoms with Crippen molar-refractivity contribution in [1.82, 2.24) is 15.0 Å². The molecule has 176 valence electrons. The van der Waals surface area contributed by atoms with Crippen LogP contribution in [0.3, 0.4) is 0 Å². The average molecular weight is 499 g/mol. The van der Waals surface area contributed by atoms with Crippen LogP contribution >= 0.6 is 23.2 Å². The third-order valence-corrected chi connectivity index (χ3v) is 7.76. The number of primary amides is 1. The number of morpholine rings is 1. The average Bonchev–Trinajstić information content (AvgIpc) is 3.56. The van der Waals surface area contributed by atoms with Crippen molar-refractivity contribution in [2.24, 2.45) is 23.5 Å². The summed E-state index contributed by atoms with van der Waals surface area (Å²) in [7, 11) is 0. The lowest BCUT2D eigenvalue weighted by atomic mass is 9.88. The van der Waals surface area contributed by atoms with E-state index in [4.69, 9.17) is 33.7 Å². The van der Waals surface area contributed by atoms with Gasteiger partial charge in [0.1, 0.15) is 11.3 Å². The number of anilines is 2. The zero-order valence-electron chi connectivity index (χ0n) is 18.3. The summed E-state index contributed by atoms with van der Waals surface area (Å²) in [5.74, 6) is 0.418. The molecule has 1 saturated carbocycles. The van der Waals surface area contributed by atoms with Crippen LogP contribution < -0.4 is 16.0 Å². The fourth-order valence-corrected chi connectivity index (χ4v) is 5.95. The topological polar surface area (TPSA) is 109 Å². The zero-order chi connectivity index (χ0) is 23.4. The molecular weight excluding hydrogens is 475 g/mol. The molecule has 4 N–H and O–H groups in total. The van der Waals surface area contributed by atoms with E-state index < -0.39 is 0 Å². The number of ether oxygens (including phenoxy) is 1. The Bertz CT molecular complexity index is 1300. The highest BCUT2D eigenvalue weighted by Crippen LogP contribution is 2.46. The Labute approximate surface area is 206 Å². The second-order valence-electron chi connectivity index (χ2n) is 9.08. The lowest BCUT2D eigenvalue weighted by molar-refractivity contribution is -0.122. The molecule has 4 unspecified atom stereocenters. The Morgan fingerprint density at radius 1 is 1.18 bits per heavy atom. The van der Waals surface area contributed by atoms with Crippen molar-refractivity contribution >= 4 is 51.6 Å². The number of rotatable bonds is 5. The summed E-state index contributed by atoms with van der Waals surface area (Å²) in [6, 6.07) is 5.83. The van der Waals surface area contributed by atoms with E-state index in [-0.39, 0.29) is 29.7 Å². The highest BCUT2D eigenvalue weighted by molar-refractivity contribution is 6.34. The maximum atomic E-state index is 12.2. The monoisotopic (exact) mass is 498 g/mol. The van der Waals surface area contributed by atoms with Crippen molar-refractivity contribution in [2.45, 2.75) is 12.5 Å². The molecule has 1 amide bonds. The Morgan fingerprint density at radius 3 is 2.74 bits per heavy atom. The first-order chi connectivity index (χ1) is 16.5. The number of hydrogen-bond donors (Lipinski definition) is 3. The molecule has 1 aliphatic heterocycles. The Morgan fingerprint density at radius 2 is 1.97 bits per heavy atom. The first-order valence-corrected chi connectivity index (χ1v) is 12.2. The van der Waals surface area contributed by atoms with Gasteiger partial charge in [0.05, 0.1) is 41.1 Å². The summed E-state index contributed by atoms with van der Waals surface area (Å²) in [5, 5.41) is 4.54. The van der Waals surface area contributed by atoms with E-state index in [9.17, 15) is 4.79 Å². The third-order valence-electron chi connectivity index (χ3n) is 7.16. The number of H-pyrrole nitrogens is 1. The van der Waals surface area contributed by atoms with Gasteiger partial charge < -0.3 is 25.7 Å². The second-order valence-corrected chi connectivity index (χ2v) is 9.89. The lowest BCUT2D eigenvalue weighted by Gasteiger charge is -2.29. The molecule has 3 heterocycles. The molecule has 6 rings (SSSR count). The second kappa shape index (κ2) is 8.45. The molecule has 10 heteroatoms. The number of aromatic amines is 1. The molecule has 1 saturated heterocycles. The van der Waals surface area contributed by atoms with Gasteiger partial charge in [-0.1, -0.05) is 35.4 Å². The lowest BCUT2D eigenvalue weighted by Crippen LogP contribution is -2.41. The van der Waals surface area contributed by atoms with Crippen molar-refractivity contribution < 1.29 is 9.53 Å². The third kappa shape index (κ3) is 3.61. The number of halogens is 2. The summed E-state index contributed by atoms with van der Waals surface area (Å²) in [4.78, 5) is 26.8. The molecule has 2 fully saturated rings. The van der Waals surface area contributed by atoms with Crippen LogP contribution in [0, 0.1) is 17.8 Å². The van der Waals surface area contributed by atoms with Crippen molar-refractivity contribution in [3.05, 3.63) is 46.6 Å². The van der Waals surface area contributed by atoms with Crippen molar-refractivity contribution in [3.63, 3.8) is 0 Å². The maximum Gasteiger partial charge on any atom is 0.223 e. The normalized spacial score (nSPS) is 25.9. The van der Waals surface area contributed by atoms with Crippen LogP contribution in [0.5, 0.6) is 0 Å². The Balaban J connectivity index is 1.34. The number of benzene rings is 1. The largest absolute Gasteiger partial charge is 0.378 e. The van der Waals surface area contributed by atoms with Crippen LogP contribution in [0.25, 0.3) is 22.6 Å². The predicted octanol–water partition coefficient (Wildman–Crippen LogP) is 3.86. The van der Waals surface area contributed by atoms with Gasteiger partial charge in [0, 0.05) is 30.4 Å². The van der Waals surface area contributed by atoms with E-state index in [0.29, 0.717) is 45.9 Å². The van der Waals surface area contributed by atoms with E-state index in [0.717, 1.165) is 30.8 Å². The molecule has 3 aromatic rings. The van der Waals surface area contributed by atoms with Gasteiger partial charge in [-0.2, -0.15) is 0 Å². The van der Waals surface area contributed by atoms with Gasteiger partial charge in [-0.3, -0.25) is 4.79 Å². The number of fused-ring (bicyclic) bond motifs is 3. The number of pyridine rings is 1. The number of carbonyl (C=O) groups excluding carboxylic acids is 1. The van der Waals surface area contributed by atoms with Crippen molar-refractivity contribution in [2.75, 3.05) is 36.5 Å². The maximum absolute atomic E-state index is 12.2. The van der Waals surface area contributed by atoms with Crippen LogP contribution in [-0.2, 0) is 9.53 Å². The molecule has 34 heavy (non-hydrogen) atoms. The number of nitrogens with one attached hydrogen (secondary N) is 2. The van der Waals surface area contributed by atoms with Crippen LogP contribution in [0.4, 0.5) is 11.4 Å². The zero-order valence-corrected chi connectivity index (χ0v) is 19.8. The minimum absolute atomic E-state index is 0.126. The van der Waals surface area contributed by atoms with E-state index in [1.165, 1.54) is 0 Å². The first kappa shape index (κ1) is 21.7. The van der Waals surface area contributed by atoms with E-state index >= 15 is 0 Å². The molecule has 4 atom stereocenters. The Kier molecular flexibility index (Phi) is 5.39. The number of amides is 1. The molecule has 2 aliphatic carbocycles. The molecule has 8 nitrogen and oxygen atoms in total. The molecular formula is C24H24Cl2N6O2. The molecule has 3 aliphatic rings. The van der Waals surface area contributed by atoms with Gasteiger partial charge in [-0.25, -0.2) is 9.97 Å². The number of imidazole rings is 1. The molecule has 0 radical (unpaired) electrons. The SMILES string of the molecule is NC(=O)C1C2C=CC(C2)C1Nc1c(Cl)cnc2nc(-c3ccc(N4CCOCC4)cc3Cl)[nH]c12. The quantitative estimate of drug-likeness (QED) is 0.460. The van der Waals surface area contributed by atoms with Crippen molar-refractivity contribution in [1.29, 1.82) is 0 Å². The smallest absolute Gasteiger partial charge is 0.223 e. The van der Waals surface area contributed by atoms with Gasteiger partial charge in [0.15, 0.2) is 5.65 Å². The highest BCUT2D eigenvalue weighted by Gasteiger charge is 2.47. The minimum atomic E-state index is -0.298. The van der Waals surface area contributed by atoms with Crippen LogP contribution in [-0.4, -0.2) is 53.2 Å². The first-order valence-electron chi connectivity index (χ1n) is 11.4. The molecule has 0 spiro atoms. The van der Waals surface area contributed by atoms with E-state index in [1.54, 1.807) is 6.20 Å². The molecule has 1 aromatic carbocycles. The van der Waals surface area contributed by atoms with Gasteiger partial charge in [0.25, 0.3) is 0 Å². The minimum Gasteiger partial charge on any atom is -0.378 e. The summed E-state index contributed by atoms with van der Waals surface area (Å²) in [6.07, 6.45) is 6.74. The van der Waals surface area contributed by atoms with E-state index in [2.05, 4.69) is 37.3 Å². The summed E-state index contributed by atoms with van der Waals surface area (Å²) in [6.45, 7) is 3.09. The van der Waals surface area contributed by atoms with E-state index in [1.807, 2.05) is 18.2 Å². The number of hydrogen-bond acceptors (Lipinski definition) is 6.